The Kier molecular flexibility index (Phi) is 7.65. The second-order valence-electron chi connectivity index (χ2n) is 5.31. The minimum absolute atomic E-state index is 0.232. The highest BCUT2D eigenvalue weighted by atomic mass is 32.2. The fraction of sp³-hybridized carbons (Fsp3) is 0.316. The molecule has 0 aliphatic carbocycles. The van der Waals surface area contributed by atoms with Crippen LogP contribution < -0.4 is 10.1 Å². The van der Waals surface area contributed by atoms with Crippen molar-refractivity contribution < 1.29 is 14.3 Å². The zero-order chi connectivity index (χ0) is 17.2. The van der Waals surface area contributed by atoms with Crippen LogP contribution in [0.3, 0.4) is 0 Å². The first-order valence-corrected chi connectivity index (χ1v) is 8.94. The second-order valence-corrected chi connectivity index (χ2v) is 6.34. The van der Waals surface area contributed by atoms with Crippen LogP contribution in [0.5, 0.6) is 5.75 Å². The Hall–Kier alpha value is -1.98. The topological polar surface area (TPSA) is 47.6 Å². The first kappa shape index (κ1) is 18.4. The van der Waals surface area contributed by atoms with Crippen molar-refractivity contribution in [2.75, 3.05) is 20.0 Å². The average molecular weight is 345 g/mol. The smallest absolute Gasteiger partial charge is 0.323 e. The minimum atomic E-state index is -0.328. The molecule has 0 spiro atoms. The number of nitrogens with one attached hydrogen (secondary N) is 1. The summed E-state index contributed by atoms with van der Waals surface area (Å²) in [5.41, 5.74) is 2.35. The van der Waals surface area contributed by atoms with Crippen molar-refractivity contribution in [1.82, 2.24) is 5.32 Å². The molecule has 2 aromatic carbocycles. The lowest BCUT2D eigenvalue weighted by Crippen LogP contribution is -2.39. The molecule has 2 aromatic rings. The van der Waals surface area contributed by atoms with Gasteiger partial charge in [-0.15, -0.1) is 0 Å². The van der Waals surface area contributed by atoms with Crippen molar-refractivity contribution in [1.29, 1.82) is 0 Å². The number of benzene rings is 2. The largest absolute Gasteiger partial charge is 0.497 e. The van der Waals surface area contributed by atoms with E-state index in [9.17, 15) is 4.79 Å². The molecule has 1 N–H and O–H groups in total. The number of thioether (sulfide) groups is 1. The Labute approximate surface area is 147 Å². The number of carbonyl (C=O) groups is 1. The second kappa shape index (κ2) is 10.0. The molecule has 0 aliphatic rings. The molecule has 0 saturated carbocycles. The van der Waals surface area contributed by atoms with Gasteiger partial charge in [0, 0.05) is 18.1 Å². The summed E-state index contributed by atoms with van der Waals surface area (Å²) in [5.74, 6) is 2.13. The number of rotatable bonds is 9. The van der Waals surface area contributed by atoms with Crippen LogP contribution in [-0.4, -0.2) is 32.0 Å². The number of carbonyl (C=O) groups excluding carboxylic acids is 1. The molecule has 0 unspecified atom stereocenters. The summed E-state index contributed by atoms with van der Waals surface area (Å²) in [7, 11) is 3.07. The van der Waals surface area contributed by atoms with Gasteiger partial charge in [-0.3, -0.25) is 10.1 Å². The molecule has 0 radical (unpaired) electrons. The van der Waals surface area contributed by atoms with Gasteiger partial charge in [0.25, 0.3) is 0 Å². The molecule has 4 nitrogen and oxygen atoms in total. The maximum atomic E-state index is 12.0. The van der Waals surface area contributed by atoms with Crippen LogP contribution in [0.2, 0.25) is 0 Å². The van der Waals surface area contributed by atoms with Crippen LogP contribution in [0.4, 0.5) is 0 Å². The highest BCUT2D eigenvalue weighted by Crippen LogP contribution is 2.15. The summed E-state index contributed by atoms with van der Waals surface area (Å²) in [6, 6.07) is 17.7. The lowest BCUT2D eigenvalue weighted by Gasteiger charge is -2.16. The van der Waals surface area contributed by atoms with Gasteiger partial charge >= 0.3 is 5.97 Å². The van der Waals surface area contributed by atoms with Crippen LogP contribution in [-0.2, 0) is 21.8 Å². The van der Waals surface area contributed by atoms with Gasteiger partial charge < -0.3 is 9.47 Å². The van der Waals surface area contributed by atoms with E-state index in [-0.39, 0.29) is 12.0 Å². The van der Waals surface area contributed by atoms with Crippen molar-refractivity contribution >= 4 is 17.7 Å². The van der Waals surface area contributed by atoms with Crippen LogP contribution in [0, 0.1) is 0 Å². The van der Waals surface area contributed by atoms with E-state index in [4.69, 9.17) is 9.47 Å². The van der Waals surface area contributed by atoms with E-state index >= 15 is 0 Å². The quantitative estimate of drug-likeness (QED) is 0.707. The molecule has 24 heavy (non-hydrogen) atoms. The van der Waals surface area contributed by atoms with E-state index in [2.05, 4.69) is 17.4 Å². The van der Waals surface area contributed by atoms with E-state index < -0.39 is 0 Å². The molecule has 1 atom stereocenters. The standard InChI is InChI=1S/C19H23NO3S/c1-22-17-10-8-15(9-11-17)12-20-18(19(21)23-2)14-24-13-16-6-4-3-5-7-16/h3-11,18,20H,12-14H2,1-2H3/t18-/m1/s1. The van der Waals surface area contributed by atoms with Gasteiger partial charge in [-0.25, -0.2) is 0 Å². The molecule has 2 rings (SSSR count). The Balaban J connectivity index is 1.84. The predicted molar refractivity (Wildman–Crippen MR) is 98.2 cm³/mol. The SMILES string of the molecule is COC(=O)[C@@H](CSCc1ccccc1)NCc1ccc(OC)cc1. The minimum Gasteiger partial charge on any atom is -0.497 e. The van der Waals surface area contributed by atoms with Crippen molar-refractivity contribution in [2.24, 2.45) is 0 Å². The van der Waals surface area contributed by atoms with Gasteiger partial charge in [0.1, 0.15) is 11.8 Å². The van der Waals surface area contributed by atoms with Crippen LogP contribution in [0.1, 0.15) is 11.1 Å². The molecule has 0 saturated heterocycles. The summed E-state index contributed by atoms with van der Waals surface area (Å²) in [5, 5.41) is 3.27. The first-order chi connectivity index (χ1) is 11.7. The Morgan fingerprint density at radius 3 is 2.38 bits per heavy atom. The molecule has 0 heterocycles. The number of hydrogen-bond acceptors (Lipinski definition) is 5. The monoisotopic (exact) mass is 345 g/mol. The molecular formula is C19H23NO3S. The molecule has 0 fully saturated rings. The molecule has 0 aliphatic heterocycles. The number of ether oxygens (including phenoxy) is 2. The van der Waals surface area contributed by atoms with Crippen molar-refractivity contribution in [3.8, 4) is 5.75 Å². The number of esters is 1. The molecule has 5 heteroatoms. The zero-order valence-corrected chi connectivity index (χ0v) is 14.8. The van der Waals surface area contributed by atoms with E-state index in [1.54, 1.807) is 18.9 Å². The highest BCUT2D eigenvalue weighted by molar-refractivity contribution is 7.98. The van der Waals surface area contributed by atoms with Gasteiger partial charge in [0.15, 0.2) is 0 Å². The van der Waals surface area contributed by atoms with E-state index in [1.807, 2.05) is 42.5 Å². The normalized spacial score (nSPS) is 11.8. The maximum Gasteiger partial charge on any atom is 0.323 e. The molecule has 0 bridgehead atoms. The molecular weight excluding hydrogens is 322 g/mol. The zero-order valence-electron chi connectivity index (χ0n) is 14.0. The Morgan fingerprint density at radius 1 is 1.04 bits per heavy atom. The molecule has 128 valence electrons. The van der Waals surface area contributed by atoms with Gasteiger partial charge in [0.2, 0.25) is 0 Å². The molecule has 0 aromatic heterocycles. The van der Waals surface area contributed by atoms with Gasteiger partial charge in [-0.05, 0) is 23.3 Å². The molecule has 0 amide bonds. The fourth-order valence-corrected chi connectivity index (χ4v) is 3.24. The summed E-state index contributed by atoms with van der Waals surface area (Å²) >= 11 is 1.72. The van der Waals surface area contributed by atoms with Gasteiger partial charge in [0.05, 0.1) is 14.2 Å². The predicted octanol–water partition coefficient (Wildman–Crippen LogP) is 3.26. The maximum absolute atomic E-state index is 12.0. The van der Waals surface area contributed by atoms with Crippen LogP contribution >= 0.6 is 11.8 Å². The van der Waals surface area contributed by atoms with Crippen molar-refractivity contribution in [3.05, 3.63) is 65.7 Å². The third-order valence-corrected chi connectivity index (χ3v) is 4.70. The number of hydrogen-bond donors (Lipinski definition) is 1. The summed E-state index contributed by atoms with van der Waals surface area (Å²) < 4.78 is 10.1. The van der Waals surface area contributed by atoms with Crippen molar-refractivity contribution in [2.45, 2.75) is 18.3 Å². The van der Waals surface area contributed by atoms with E-state index in [0.29, 0.717) is 12.3 Å². The van der Waals surface area contributed by atoms with Crippen LogP contribution in [0.15, 0.2) is 54.6 Å². The van der Waals surface area contributed by atoms with E-state index in [0.717, 1.165) is 17.1 Å². The van der Waals surface area contributed by atoms with Gasteiger partial charge in [-0.2, -0.15) is 11.8 Å². The van der Waals surface area contributed by atoms with E-state index in [1.165, 1.54) is 12.7 Å². The lowest BCUT2D eigenvalue weighted by atomic mass is 10.2. The first-order valence-electron chi connectivity index (χ1n) is 7.78. The average Bonchev–Trinajstić information content (AvgIpc) is 2.65. The van der Waals surface area contributed by atoms with Crippen molar-refractivity contribution in [3.63, 3.8) is 0 Å². The Morgan fingerprint density at radius 2 is 1.75 bits per heavy atom. The third-order valence-electron chi connectivity index (χ3n) is 3.59. The van der Waals surface area contributed by atoms with Gasteiger partial charge in [-0.1, -0.05) is 42.5 Å². The summed E-state index contributed by atoms with van der Waals surface area (Å²) in [6.07, 6.45) is 0. The highest BCUT2D eigenvalue weighted by Gasteiger charge is 2.18. The number of methoxy groups -OCH3 is 2. The van der Waals surface area contributed by atoms with Crippen LogP contribution in [0.25, 0.3) is 0 Å². The Bertz CT molecular complexity index is 616. The fourth-order valence-electron chi connectivity index (χ4n) is 2.21. The summed E-state index contributed by atoms with van der Waals surface area (Å²) in [4.78, 5) is 12.0. The third kappa shape index (κ3) is 5.91. The summed E-state index contributed by atoms with van der Waals surface area (Å²) in [6.45, 7) is 0.607. The lowest BCUT2D eigenvalue weighted by molar-refractivity contribution is -0.142.